The number of nitrogens with zero attached hydrogens (tertiary/aromatic N) is 1. The van der Waals surface area contributed by atoms with Gasteiger partial charge in [-0.15, -0.1) is 12.4 Å². The number of carbonyl (C=O) groups excluding carboxylic acids is 1. The Morgan fingerprint density at radius 3 is 2.37 bits per heavy atom. The van der Waals surface area contributed by atoms with E-state index in [9.17, 15) is 4.79 Å². The Balaban J connectivity index is 0.00000133. The molecule has 0 aromatic rings. The highest BCUT2D eigenvalue weighted by Gasteiger charge is 2.33. The molecule has 3 fully saturated rings. The third-order valence-corrected chi connectivity index (χ3v) is 4.84. The van der Waals surface area contributed by atoms with Gasteiger partial charge in [-0.05, 0) is 50.6 Å². The van der Waals surface area contributed by atoms with E-state index in [2.05, 4.69) is 10.2 Å². The van der Waals surface area contributed by atoms with Crippen molar-refractivity contribution in [3.63, 3.8) is 0 Å². The molecule has 0 spiro atoms. The fourth-order valence-corrected chi connectivity index (χ4v) is 3.63. The van der Waals surface area contributed by atoms with Gasteiger partial charge in [0.1, 0.15) is 0 Å². The van der Waals surface area contributed by atoms with Crippen LogP contribution in [0, 0.1) is 17.8 Å². The standard InChI is InChI=1S/C14H24N2O2.ClH/c17-14(13-2-1-7-18-10-13)16-5-3-11-8-15-9-12(11)4-6-16;/h11-13,15H,1-10H2;1H/t11-,12+,13?;. The molecule has 1 N–H and O–H groups in total. The molecule has 3 atom stereocenters. The Kier molecular flexibility index (Phi) is 5.48. The van der Waals surface area contributed by atoms with Gasteiger partial charge in [0.2, 0.25) is 5.91 Å². The van der Waals surface area contributed by atoms with Crippen LogP contribution in [0.2, 0.25) is 0 Å². The highest BCUT2D eigenvalue weighted by atomic mass is 35.5. The molecule has 5 heteroatoms. The number of rotatable bonds is 1. The second kappa shape index (κ2) is 6.91. The minimum absolute atomic E-state index is 0. The molecule has 110 valence electrons. The topological polar surface area (TPSA) is 41.6 Å². The van der Waals surface area contributed by atoms with E-state index in [1.165, 1.54) is 12.8 Å². The molecular formula is C14H25ClN2O2. The van der Waals surface area contributed by atoms with Crippen molar-refractivity contribution in [1.82, 2.24) is 10.2 Å². The van der Waals surface area contributed by atoms with Crippen LogP contribution >= 0.6 is 12.4 Å². The van der Waals surface area contributed by atoms with E-state index in [1.54, 1.807) is 0 Å². The van der Waals surface area contributed by atoms with Crippen LogP contribution in [0.5, 0.6) is 0 Å². The molecule has 1 amide bonds. The Morgan fingerprint density at radius 1 is 1.11 bits per heavy atom. The second-order valence-corrected chi connectivity index (χ2v) is 6.00. The van der Waals surface area contributed by atoms with Crippen LogP contribution in [-0.4, -0.2) is 50.2 Å². The zero-order valence-electron chi connectivity index (χ0n) is 11.5. The average Bonchev–Trinajstić information content (AvgIpc) is 2.78. The van der Waals surface area contributed by atoms with Gasteiger partial charge >= 0.3 is 0 Å². The molecule has 3 saturated heterocycles. The molecule has 3 heterocycles. The van der Waals surface area contributed by atoms with Crippen LogP contribution in [0.4, 0.5) is 0 Å². The molecule has 19 heavy (non-hydrogen) atoms. The molecule has 3 rings (SSSR count). The summed E-state index contributed by atoms with van der Waals surface area (Å²) < 4.78 is 5.44. The third kappa shape index (κ3) is 3.41. The van der Waals surface area contributed by atoms with Crippen LogP contribution in [0.1, 0.15) is 25.7 Å². The number of carbonyl (C=O) groups is 1. The lowest BCUT2D eigenvalue weighted by Gasteiger charge is -2.28. The maximum atomic E-state index is 12.5. The highest BCUT2D eigenvalue weighted by molar-refractivity contribution is 5.85. The maximum Gasteiger partial charge on any atom is 0.228 e. The summed E-state index contributed by atoms with van der Waals surface area (Å²) in [5.74, 6) is 2.08. The largest absolute Gasteiger partial charge is 0.381 e. The van der Waals surface area contributed by atoms with Gasteiger partial charge in [0, 0.05) is 19.7 Å². The maximum absolute atomic E-state index is 12.5. The van der Waals surface area contributed by atoms with E-state index in [4.69, 9.17) is 4.74 Å². The molecule has 0 aromatic carbocycles. The van der Waals surface area contributed by atoms with Gasteiger partial charge in [-0.2, -0.15) is 0 Å². The molecule has 0 radical (unpaired) electrons. The molecule has 1 unspecified atom stereocenters. The van der Waals surface area contributed by atoms with Crippen molar-refractivity contribution >= 4 is 18.3 Å². The Morgan fingerprint density at radius 2 is 1.79 bits per heavy atom. The number of amides is 1. The van der Waals surface area contributed by atoms with Crippen molar-refractivity contribution in [1.29, 1.82) is 0 Å². The third-order valence-electron chi connectivity index (χ3n) is 4.84. The predicted molar refractivity (Wildman–Crippen MR) is 76.5 cm³/mol. The number of fused-ring (bicyclic) bond motifs is 1. The fourth-order valence-electron chi connectivity index (χ4n) is 3.63. The lowest BCUT2D eigenvalue weighted by atomic mass is 9.92. The monoisotopic (exact) mass is 288 g/mol. The zero-order chi connectivity index (χ0) is 12.4. The van der Waals surface area contributed by atoms with E-state index >= 15 is 0 Å². The number of likely N-dealkylation sites (tertiary alicyclic amines) is 1. The lowest BCUT2D eigenvalue weighted by molar-refractivity contribution is -0.139. The van der Waals surface area contributed by atoms with E-state index in [0.29, 0.717) is 12.5 Å². The molecule has 0 aliphatic carbocycles. The molecule has 3 aliphatic rings. The van der Waals surface area contributed by atoms with Crippen molar-refractivity contribution in [2.75, 3.05) is 39.4 Å². The van der Waals surface area contributed by atoms with Crippen LogP contribution in [0.25, 0.3) is 0 Å². The number of ether oxygens (including phenoxy) is 1. The molecule has 0 saturated carbocycles. The Bertz CT molecular complexity index is 294. The first-order chi connectivity index (χ1) is 8.84. The van der Waals surface area contributed by atoms with Gasteiger partial charge < -0.3 is 15.0 Å². The summed E-state index contributed by atoms with van der Waals surface area (Å²) in [6.07, 6.45) is 4.41. The first kappa shape index (κ1) is 15.1. The molecule has 3 aliphatic heterocycles. The summed E-state index contributed by atoms with van der Waals surface area (Å²) in [7, 11) is 0. The van der Waals surface area contributed by atoms with Crippen molar-refractivity contribution in [2.24, 2.45) is 17.8 Å². The second-order valence-electron chi connectivity index (χ2n) is 6.00. The summed E-state index contributed by atoms with van der Waals surface area (Å²) in [5, 5.41) is 3.48. The summed E-state index contributed by atoms with van der Waals surface area (Å²) in [4.78, 5) is 14.6. The molecule has 0 aromatic heterocycles. The van der Waals surface area contributed by atoms with Gasteiger partial charge in [-0.3, -0.25) is 4.79 Å². The van der Waals surface area contributed by atoms with E-state index in [1.807, 2.05) is 0 Å². The minimum Gasteiger partial charge on any atom is -0.381 e. The fraction of sp³-hybridized carbons (Fsp3) is 0.929. The van der Waals surface area contributed by atoms with Crippen LogP contribution in [0.3, 0.4) is 0 Å². The first-order valence-electron chi connectivity index (χ1n) is 7.42. The van der Waals surface area contributed by atoms with Crippen molar-refractivity contribution in [3.8, 4) is 0 Å². The summed E-state index contributed by atoms with van der Waals surface area (Å²) in [5.41, 5.74) is 0. The SMILES string of the molecule is Cl.O=C(C1CCCOC1)N1CC[C@@H]2CNC[C@@H]2CC1. The van der Waals surface area contributed by atoms with E-state index in [-0.39, 0.29) is 18.3 Å². The summed E-state index contributed by atoms with van der Waals surface area (Å²) in [6, 6.07) is 0. The van der Waals surface area contributed by atoms with E-state index < -0.39 is 0 Å². The van der Waals surface area contributed by atoms with E-state index in [0.717, 1.165) is 57.5 Å². The number of hydrogen-bond acceptors (Lipinski definition) is 3. The van der Waals surface area contributed by atoms with Gasteiger partial charge in [0.25, 0.3) is 0 Å². The molecule has 4 nitrogen and oxygen atoms in total. The van der Waals surface area contributed by atoms with Gasteiger partial charge in [-0.25, -0.2) is 0 Å². The zero-order valence-corrected chi connectivity index (χ0v) is 12.3. The number of nitrogens with one attached hydrogen (secondary N) is 1. The summed E-state index contributed by atoms with van der Waals surface area (Å²) >= 11 is 0. The number of halogens is 1. The minimum atomic E-state index is 0. The van der Waals surface area contributed by atoms with Crippen LogP contribution in [0.15, 0.2) is 0 Å². The van der Waals surface area contributed by atoms with Crippen LogP contribution < -0.4 is 5.32 Å². The van der Waals surface area contributed by atoms with Crippen LogP contribution in [-0.2, 0) is 9.53 Å². The van der Waals surface area contributed by atoms with Gasteiger partial charge in [0.15, 0.2) is 0 Å². The van der Waals surface area contributed by atoms with Crippen molar-refractivity contribution in [3.05, 3.63) is 0 Å². The van der Waals surface area contributed by atoms with Gasteiger partial charge in [0.05, 0.1) is 12.5 Å². The number of hydrogen-bond donors (Lipinski definition) is 1. The predicted octanol–water partition coefficient (Wildman–Crippen LogP) is 1.29. The first-order valence-corrected chi connectivity index (χ1v) is 7.42. The quantitative estimate of drug-likeness (QED) is 0.791. The van der Waals surface area contributed by atoms with Crippen molar-refractivity contribution in [2.45, 2.75) is 25.7 Å². The Hall–Kier alpha value is -0.320. The normalized spacial score (nSPS) is 35.2. The average molecular weight is 289 g/mol. The van der Waals surface area contributed by atoms with Gasteiger partial charge in [-0.1, -0.05) is 0 Å². The molecular weight excluding hydrogens is 264 g/mol. The Labute approximate surface area is 121 Å². The lowest BCUT2D eigenvalue weighted by Crippen LogP contribution is -2.40. The summed E-state index contributed by atoms with van der Waals surface area (Å²) in [6.45, 7) is 5.69. The molecule has 0 bridgehead atoms. The highest BCUT2D eigenvalue weighted by Crippen LogP contribution is 2.28. The van der Waals surface area contributed by atoms with Crippen molar-refractivity contribution < 1.29 is 9.53 Å². The smallest absolute Gasteiger partial charge is 0.228 e.